The summed E-state index contributed by atoms with van der Waals surface area (Å²) in [7, 11) is 1.26. The topological polar surface area (TPSA) is 87.7 Å². The molecule has 7 nitrogen and oxygen atoms in total. The second-order valence-electron chi connectivity index (χ2n) is 6.00. The van der Waals surface area contributed by atoms with Crippen molar-refractivity contribution in [3.05, 3.63) is 30.3 Å². The summed E-state index contributed by atoms with van der Waals surface area (Å²) in [5.41, 5.74) is 0.744. The van der Waals surface area contributed by atoms with Gasteiger partial charge in [-0.2, -0.15) is 0 Å². The van der Waals surface area contributed by atoms with Crippen LogP contribution in [-0.2, 0) is 14.3 Å². The highest BCUT2D eigenvalue weighted by atomic mass is 16.5. The Kier molecular flexibility index (Phi) is 7.91. The Morgan fingerprint density at radius 1 is 1.08 bits per heavy atom. The minimum atomic E-state index is -0.785. The van der Waals surface area contributed by atoms with Crippen LogP contribution in [0.15, 0.2) is 30.3 Å². The second-order valence-corrected chi connectivity index (χ2v) is 6.00. The maximum absolute atomic E-state index is 12.6. The van der Waals surface area contributed by atoms with Crippen molar-refractivity contribution in [1.29, 1.82) is 0 Å². The molecule has 0 aliphatic rings. The van der Waals surface area contributed by atoms with Gasteiger partial charge in [-0.25, -0.2) is 9.59 Å². The number of urea groups is 1. The van der Waals surface area contributed by atoms with Crippen LogP contribution in [0.3, 0.4) is 0 Å². The normalized spacial score (nSPS) is 12.9. The minimum Gasteiger partial charge on any atom is -0.467 e. The molecule has 0 saturated carbocycles. The number of hydrogen-bond acceptors (Lipinski definition) is 4. The van der Waals surface area contributed by atoms with Gasteiger partial charge in [0.25, 0.3) is 0 Å². The van der Waals surface area contributed by atoms with Crippen LogP contribution in [-0.4, -0.2) is 43.6 Å². The molecule has 2 atom stereocenters. The van der Waals surface area contributed by atoms with Crippen LogP contribution in [0.2, 0.25) is 0 Å². The molecule has 0 radical (unpaired) electrons. The third-order valence-electron chi connectivity index (χ3n) is 3.77. The summed E-state index contributed by atoms with van der Waals surface area (Å²) in [4.78, 5) is 38.1. The molecular weight excluding hydrogens is 322 g/mol. The highest BCUT2D eigenvalue weighted by Gasteiger charge is 2.28. The highest BCUT2D eigenvalue weighted by molar-refractivity contribution is 5.96. The first kappa shape index (κ1) is 20.5. The van der Waals surface area contributed by atoms with Crippen molar-refractivity contribution in [2.45, 2.75) is 39.8 Å². The summed E-state index contributed by atoms with van der Waals surface area (Å²) in [6.45, 7) is 7.50. The Hall–Kier alpha value is -2.57. The van der Waals surface area contributed by atoms with Crippen molar-refractivity contribution in [2.24, 2.45) is 5.92 Å². The van der Waals surface area contributed by atoms with E-state index >= 15 is 0 Å². The first-order valence-corrected chi connectivity index (χ1v) is 8.33. The molecule has 1 aromatic rings. The van der Waals surface area contributed by atoms with Crippen molar-refractivity contribution in [2.75, 3.05) is 18.6 Å². The summed E-state index contributed by atoms with van der Waals surface area (Å²) >= 11 is 0. The minimum absolute atomic E-state index is 0.150. The van der Waals surface area contributed by atoms with Crippen LogP contribution in [0.1, 0.15) is 27.7 Å². The van der Waals surface area contributed by atoms with E-state index in [0.29, 0.717) is 6.54 Å². The molecule has 0 fully saturated rings. The van der Waals surface area contributed by atoms with Gasteiger partial charge in [0.1, 0.15) is 12.1 Å². The zero-order valence-corrected chi connectivity index (χ0v) is 15.4. The highest BCUT2D eigenvalue weighted by Crippen LogP contribution is 2.14. The van der Waals surface area contributed by atoms with Crippen LogP contribution in [0, 0.1) is 5.92 Å². The SMILES string of the molecule is CCN(C(=O)N[C@H](C(=O)N[C@@H](C)C(=O)OC)C(C)C)c1ccccc1. The van der Waals surface area contributed by atoms with Gasteiger partial charge in [-0.3, -0.25) is 9.69 Å². The largest absolute Gasteiger partial charge is 0.467 e. The number of amides is 3. The predicted molar refractivity (Wildman–Crippen MR) is 96.2 cm³/mol. The molecule has 3 amide bonds. The molecule has 2 N–H and O–H groups in total. The molecule has 1 rings (SSSR count). The molecule has 0 heterocycles. The van der Waals surface area contributed by atoms with E-state index in [4.69, 9.17) is 0 Å². The quantitative estimate of drug-likeness (QED) is 0.736. The van der Waals surface area contributed by atoms with Crippen LogP contribution >= 0.6 is 0 Å². The number of carbonyl (C=O) groups is 3. The van der Waals surface area contributed by atoms with Gasteiger partial charge < -0.3 is 15.4 Å². The van der Waals surface area contributed by atoms with E-state index in [1.807, 2.05) is 51.1 Å². The molecule has 25 heavy (non-hydrogen) atoms. The molecule has 0 saturated heterocycles. The first-order valence-electron chi connectivity index (χ1n) is 8.33. The Morgan fingerprint density at radius 2 is 1.68 bits per heavy atom. The number of para-hydroxylation sites is 1. The van der Waals surface area contributed by atoms with Gasteiger partial charge in [-0.05, 0) is 31.9 Å². The fourth-order valence-corrected chi connectivity index (χ4v) is 2.34. The second kappa shape index (κ2) is 9.66. The fraction of sp³-hybridized carbons (Fsp3) is 0.500. The van der Waals surface area contributed by atoms with E-state index in [9.17, 15) is 14.4 Å². The Bertz CT molecular complexity index is 589. The van der Waals surface area contributed by atoms with Gasteiger partial charge in [-0.15, -0.1) is 0 Å². The smallest absolute Gasteiger partial charge is 0.328 e. The van der Waals surface area contributed by atoms with Crippen LogP contribution in [0.4, 0.5) is 10.5 Å². The summed E-state index contributed by atoms with van der Waals surface area (Å²) < 4.78 is 4.60. The van der Waals surface area contributed by atoms with Crippen molar-refractivity contribution >= 4 is 23.6 Å². The monoisotopic (exact) mass is 349 g/mol. The van der Waals surface area contributed by atoms with Gasteiger partial charge in [0, 0.05) is 12.2 Å². The third kappa shape index (κ3) is 5.77. The predicted octanol–water partition coefficient (Wildman–Crippen LogP) is 1.92. The number of benzene rings is 1. The number of ether oxygens (including phenoxy) is 1. The average Bonchev–Trinajstić information content (AvgIpc) is 2.59. The van der Waals surface area contributed by atoms with Crippen LogP contribution in [0.5, 0.6) is 0 Å². The lowest BCUT2D eigenvalue weighted by molar-refractivity contribution is -0.144. The van der Waals surface area contributed by atoms with Gasteiger partial charge in [0.2, 0.25) is 5.91 Å². The van der Waals surface area contributed by atoms with E-state index in [-0.39, 0.29) is 11.9 Å². The summed E-state index contributed by atoms with van der Waals surface area (Å²) in [5, 5.41) is 5.32. The number of nitrogens with zero attached hydrogens (tertiary/aromatic N) is 1. The lowest BCUT2D eigenvalue weighted by Crippen LogP contribution is -2.55. The van der Waals surface area contributed by atoms with Crippen LogP contribution < -0.4 is 15.5 Å². The lowest BCUT2D eigenvalue weighted by Gasteiger charge is -2.27. The van der Waals surface area contributed by atoms with Gasteiger partial charge in [0.05, 0.1) is 7.11 Å². The Balaban J connectivity index is 2.84. The molecule has 138 valence electrons. The number of carbonyl (C=O) groups excluding carboxylic acids is 3. The molecule has 0 spiro atoms. The van der Waals surface area contributed by atoms with Crippen molar-refractivity contribution in [1.82, 2.24) is 10.6 Å². The average molecular weight is 349 g/mol. The molecule has 0 bridgehead atoms. The number of nitrogens with one attached hydrogen (secondary N) is 2. The van der Waals surface area contributed by atoms with E-state index in [1.165, 1.54) is 14.0 Å². The molecular formula is C18H27N3O4. The van der Waals surface area contributed by atoms with E-state index in [1.54, 1.807) is 4.90 Å². The maximum Gasteiger partial charge on any atom is 0.328 e. The van der Waals surface area contributed by atoms with E-state index in [2.05, 4.69) is 15.4 Å². The van der Waals surface area contributed by atoms with Gasteiger partial charge >= 0.3 is 12.0 Å². The number of hydrogen-bond donors (Lipinski definition) is 2. The standard InChI is InChI=1S/C18H27N3O4/c1-6-21(14-10-8-7-9-11-14)18(24)20-15(12(2)3)16(22)19-13(4)17(23)25-5/h7-13,15H,6H2,1-5H3,(H,19,22)(H,20,24)/t13-,15-/m0/s1. The lowest BCUT2D eigenvalue weighted by atomic mass is 10.0. The number of esters is 1. The fourth-order valence-electron chi connectivity index (χ4n) is 2.34. The molecule has 0 aliphatic carbocycles. The molecule has 1 aromatic carbocycles. The summed E-state index contributed by atoms with van der Waals surface area (Å²) in [6, 6.07) is 7.29. The van der Waals surface area contributed by atoms with E-state index in [0.717, 1.165) is 5.69 Å². The zero-order chi connectivity index (χ0) is 19.0. The zero-order valence-electron chi connectivity index (χ0n) is 15.4. The molecule has 0 unspecified atom stereocenters. The van der Waals surface area contributed by atoms with E-state index < -0.39 is 24.0 Å². The third-order valence-corrected chi connectivity index (χ3v) is 3.77. The van der Waals surface area contributed by atoms with Crippen molar-refractivity contribution in [3.8, 4) is 0 Å². The van der Waals surface area contributed by atoms with Crippen LogP contribution in [0.25, 0.3) is 0 Å². The molecule has 0 aromatic heterocycles. The molecule has 0 aliphatic heterocycles. The number of rotatable bonds is 7. The van der Waals surface area contributed by atoms with Crippen molar-refractivity contribution < 1.29 is 19.1 Å². The Labute approximate surface area is 148 Å². The van der Waals surface area contributed by atoms with Gasteiger partial charge in [0.15, 0.2) is 0 Å². The number of methoxy groups -OCH3 is 1. The first-order chi connectivity index (χ1) is 11.8. The maximum atomic E-state index is 12.6. The number of anilines is 1. The Morgan fingerprint density at radius 3 is 2.16 bits per heavy atom. The summed E-state index contributed by atoms with van der Waals surface area (Å²) in [6.07, 6.45) is 0. The van der Waals surface area contributed by atoms with Gasteiger partial charge in [-0.1, -0.05) is 32.0 Å². The van der Waals surface area contributed by atoms with Crippen molar-refractivity contribution in [3.63, 3.8) is 0 Å². The molecule has 7 heteroatoms. The summed E-state index contributed by atoms with van der Waals surface area (Å²) in [5.74, 6) is -1.12.